The zero-order valence-corrected chi connectivity index (χ0v) is 14.8. The Morgan fingerprint density at radius 2 is 1.90 bits per heavy atom. The van der Waals surface area contributed by atoms with Gasteiger partial charge in [0.05, 0.1) is 6.61 Å². The molecule has 0 fully saturated rings. The van der Waals surface area contributed by atoms with Crippen molar-refractivity contribution in [1.82, 2.24) is 4.98 Å². The van der Waals surface area contributed by atoms with Crippen LogP contribution in [0.25, 0.3) is 0 Å². The molecule has 0 unspecified atom stereocenters. The fourth-order valence-electron chi connectivity index (χ4n) is 1.26. The average Bonchev–Trinajstić information content (AvgIpc) is 2.74. The number of thiazole rings is 1. The predicted molar refractivity (Wildman–Crippen MR) is 83.9 cm³/mol. The van der Waals surface area contributed by atoms with E-state index < -0.39 is 16.3 Å². The van der Waals surface area contributed by atoms with Crippen LogP contribution in [0.4, 0.5) is 0 Å². The monoisotopic (exact) mass is 331 g/mol. The molecule has 0 amide bonds. The Morgan fingerprint density at radius 1 is 1.29 bits per heavy atom. The van der Waals surface area contributed by atoms with E-state index in [1.54, 1.807) is 26.2 Å². The van der Waals surface area contributed by atoms with Crippen LogP contribution in [-0.4, -0.2) is 33.9 Å². The van der Waals surface area contributed by atoms with Gasteiger partial charge in [0.1, 0.15) is 10.3 Å². The minimum atomic E-state index is -0.781. The maximum atomic E-state index is 12.2. The Labute approximate surface area is 133 Å². The molecule has 21 heavy (non-hydrogen) atoms. The Kier molecular flexibility index (Phi) is 5.81. The molecule has 118 valence electrons. The van der Waals surface area contributed by atoms with Crippen LogP contribution in [0.2, 0.25) is 0 Å². The summed E-state index contributed by atoms with van der Waals surface area (Å²) in [6.07, 6.45) is 0. The van der Waals surface area contributed by atoms with Crippen LogP contribution in [0.3, 0.4) is 0 Å². The van der Waals surface area contributed by atoms with Crippen molar-refractivity contribution in [2.75, 3.05) is 6.61 Å². The van der Waals surface area contributed by atoms with Crippen molar-refractivity contribution in [2.45, 2.75) is 56.2 Å². The first-order chi connectivity index (χ1) is 9.55. The summed E-state index contributed by atoms with van der Waals surface area (Å²) < 4.78 is 10.1. The van der Waals surface area contributed by atoms with E-state index in [2.05, 4.69) is 4.98 Å². The van der Waals surface area contributed by atoms with Crippen LogP contribution in [0.15, 0.2) is 9.72 Å². The lowest BCUT2D eigenvalue weighted by atomic mass is 10.1. The van der Waals surface area contributed by atoms with E-state index in [1.165, 1.54) is 23.1 Å². The Balaban J connectivity index is 2.75. The minimum absolute atomic E-state index is 0.268. The van der Waals surface area contributed by atoms with Crippen LogP contribution >= 0.6 is 23.1 Å². The number of ether oxygens (including phenoxy) is 2. The largest absolute Gasteiger partial charge is 0.461 e. The van der Waals surface area contributed by atoms with Crippen LogP contribution in [0.1, 0.15) is 52.0 Å². The molecule has 0 aliphatic carbocycles. The van der Waals surface area contributed by atoms with Crippen molar-refractivity contribution in [1.29, 1.82) is 0 Å². The van der Waals surface area contributed by atoms with Gasteiger partial charge in [-0.2, -0.15) is 0 Å². The highest BCUT2D eigenvalue weighted by atomic mass is 32.2. The van der Waals surface area contributed by atoms with Crippen molar-refractivity contribution < 1.29 is 19.1 Å². The summed E-state index contributed by atoms with van der Waals surface area (Å²) in [5.41, 5.74) is -0.266. The first-order valence-electron chi connectivity index (χ1n) is 6.60. The summed E-state index contributed by atoms with van der Waals surface area (Å²) in [5.74, 6) is -0.761. The van der Waals surface area contributed by atoms with Gasteiger partial charge < -0.3 is 9.47 Å². The number of esters is 2. The molecule has 0 radical (unpaired) electrons. The molecule has 1 rings (SSSR count). The van der Waals surface area contributed by atoms with Gasteiger partial charge in [-0.25, -0.2) is 9.78 Å². The number of carbonyl (C=O) groups excluding carboxylic acids is 2. The fraction of sp³-hybridized carbons (Fsp3) is 0.643. The molecule has 0 saturated heterocycles. The van der Waals surface area contributed by atoms with Gasteiger partial charge in [0, 0.05) is 5.38 Å². The number of hydrogen-bond acceptors (Lipinski definition) is 7. The van der Waals surface area contributed by atoms with Crippen molar-refractivity contribution in [2.24, 2.45) is 0 Å². The van der Waals surface area contributed by atoms with Gasteiger partial charge in [-0.3, -0.25) is 4.79 Å². The van der Waals surface area contributed by atoms with Crippen molar-refractivity contribution in [3.63, 3.8) is 0 Å². The number of thioether (sulfide) groups is 1. The molecule has 1 heterocycles. The van der Waals surface area contributed by atoms with Gasteiger partial charge in [0.15, 0.2) is 10.0 Å². The second kappa shape index (κ2) is 6.79. The highest BCUT2D eigenvalue weighted by Crippen LogP contribution is 2.36. The summed E-state index contributed by atoms with van der Waals surface area (Å²) in [6, 6.07) is 0. The van der Waals surface area contributed by atoms with Gasteiger partial charge in [-0.1, -0.05) is 11.8 Å². The second-order valence-electron chi connectivity index (χ2n) is 5.83. The molecule has 0 aromatic carbocycles. The molecule has 5 nitrogen and oxygen atoms in total. The Hall–Kier alpha value is -1.08. The summed E-state index contributed by atoms with van der Waals surface area (Å²) in [6.45, 7) is 11.1. The van der Waals surface area contributed by atoms with Crippen LogP contribution in [0, 0.1) is 0 Å². The predicted octanol–water partition coefficient (Wildman–Crippen LogP) is 3.53. The van der Waals surface area contributed by atoms with E-state index in [0.29, 0.717) is 10.9 Å². The highest BCUT2D eigenvalue weighted by molar-refractivity contribution is 8.03. The van der Waals surface area contributed by atoms with E-state index in [1.807, 2.05) is 20.8 Å². The summed E-state index contributed by atoms with van der Waals surface area (Å²) in [7, 11) is 0. The second-order valence-corrected chi connectivity index (χ2v) is 8.56. The van der Waals surface area contributed by atoms with Crippen molar-refractivity contribution in [3.8, 4) is 0 Å². The number of nitrogens with zero attached hydrogens (tertiary/aromatic N) is 1. The maximum Gasteiger partial charge on any atom is 0.357 e. The Bertz CT molecular complexity index is 517. The number of rotatable bonds is 5. The minimum Gasteiger partial charge on any atom is -0.461 e. The third-order valence-corrected chi connectivity index (χ3v) is 4.32. The van der Waals surface area contributed by atoms with E-state index in [4.69, 9.17) is 9.47 Å². The molecule has 1 aromatic heterocycles. The molecule has 0 aliphatic rings. The molecule has 0 spiro atoms. The molecular weight excluding hydrogens is 310 g/mol. The SMILES string of the molecule is CCOC(=O)c1csc(SC(C)(C)C(=O)OC(C)(C)C)n1. The summed E-state index contributed by atoms with van der Waals surface area (Å²) in [5, 5.41) is 1.63. The molecular formula is C14H21NO4S2. The quantitative estimate of drug-likeness (QED) is 0.607. The lowest BCUT2D eigenvalue weighted by Crippen LogP contribution is -2.36. The summed E-state index contributed by atoms with van der Waals surface area (Å²) in [4.78, 5) is 27.9. The van der Waals surface area contributed by atoms with Gasteiger partial charge in [-0.15, -0.1) is 11.3 Å². The van der Waals surface area contributed by atoms with E-state index in [-0.39, 0.29) is 11.7 Å². The van der Waals surface area contributed by atoms with Crippen molar-refractivity contribution >= 4 is 35.0 Å². The van der Waals surface area contributed by atoms with Crippen LogP contribution in [-0.2, 0) is 14.3 Å². The zero-order valence-electron chi connectivity index (χ0n) is 13.2. The molecule has 0 atom stereocenters. The van der Waals surface area contributed by atoms with Crippen LogP contribution in [0.5, 0.6) is 0 Å². The molecule has 0 aliphatic heterocycles. The standard InChI is InChI=1S/C14H21NO4S2/c1-7-18-10(16)9-8-20-12(15-9)21-14(5,6)11(17)19-13(2,3)4/h8H,7H2,1-6H3. The molecule has 0 bridgehead atoms. The number of aromatic nitrogens is 1. The smallest absolute Gasteiger partial charge is 0.357 e. The summed E-state index contributed by atoms with van der Waals surface area (Å²) >= 11 is 2.59. The van der Waals surface area contributed by atoms with Gasteiger partial charge in [-0.05, 0) is 41.5 Å². The first-order valence-corrected chi connectivity index (χ1v) is 8.30. The zero-order chi connectivity index (χ0) is 16.3. The molecule has 7 heteroatoms. The third kappa shape index (κ3) is 5.67. The topological polar surface area (TPSA) is 65.5 Å². The van der Waals surface area contributed by atoms with Gasteiger partial charge in [0.25, 0.3) is 0 Å². The van der Waals surface area contributed by atoms with E-state index >= 15 is 0 Å². The lowest BCUT2D eigenvalue weighted by Gasteiger charge is -2.27. The van der Waals surface area contributed by atoms with E-state index in [0.717, 1.165) is 0 Å². The average molecular weight is 331 g/mol. The van der Waals surface area contributed by atoms with Gasteiger partial charge in [0.2, 0.25) is 0 Å². The first kappa shape index (κ1) is 18.0. The number of hydrogen-bond donors (Lipinski definition) is 0. The van der Waals surface area contributed by atoms with Crippen molar-refractivity contribution in [3.05, 3.63) is 11.1 Å². The Morgan fingerprint density at radius 3 is 2.43 bits per heavy atom. The maximum absolute atomic E-state index is 12.2. The normalized spacial score (nSPS) is 12.1. The highest BCUT2D eigenvalue weighted by Gasteiger charge is 2.35. The van der Waals surface area contributed by atoms with Gasteiger partial charge >= 0.3 is 11.9 Å². The lowest BCUT2D eigenvalue weighted by molar-refractivity contribution is -0.156. The molecule has 0 saturated carbocycles. The number of carbonyl (C=O) groups is 2. The fourth-order valence-corrected chi connectivity index (χ4v) is 3.44. The third-order valence-electron chi connectivity index (χ3n) is 2.20. The van der Waals surface area contributed by atoms with Crippen LogP contribution < -0.4 is 0 Å². The van der Waals surface area contributed by atoms with E-state index in [9.17, 15) is 9.59 Å². The molecule has 1 aromatic rings. The molecule has 0 N–H and O–H groups in total.